The fraction of sp³-hybridized carbons (Fsp3) is 0.263. The van der Waals surface area contributed by atoms with Crippen molar-refractivity contribution in [3.8, 4) is 0 Å². The third-order valence-electron chi connectivity index (χ3n) is 4.22. The van der Waals surface area contributed by atoms with E-state index in [1.54, 1.807) is 4.90 Å². The lowest BCUT2D eigenvalue weighted by molar-refractivity contribution is -0.132. The van der Waals surface area contributed by atoms with Gasteiger partial charge in [0.15, 0.2) is 0 Å². The molecule has 24 heavy (non-hydrogen) atoms. The van der Waals surface area contributed by atoms with Gasteiger partial charge in [0, 0.05) is 23.8 Å². The van der Waals surface area contributed by atoms with Gasteiger partial charge in [-0.3, -0.25) is 9.59 Å². The summed E-state index contributed by atoms with van der Waals surface area (Å²) >= 11 is 5.85. The van der Waals surface area contributed by atoms with Crippen molar-refractivity contribution in [2.24, 2.45) is 5.92 Å². The Balaban J connectivity index is 1.52. The zero-order valence-corrected chi connectivity index (χ0v) is 14.0. The van der Waals surface area contributed by atoms with E-state index in [-0.39, 0.29) is 11.8 Å². The monoisotopic (exact) mass is 342 g/mol. The number of carbonyl (C=O) groups is 2. The number of nitrogens with zero attached hydrogens (tertiary/aromatic N) is 1. The van der Waals surface area contributed by atoms with Crippen molar-refractivity contribution in [2.45, 2.75) is 12.8 Å². The first-order chi connectivity index (χ1) is 11.6. The fourth-order valence-corrected chi connectivity index (χ4v) is 3.02. The zero-order valence-electron chi connectivity index (χ0n) is 13.2. The molecule has 0 spiro atoms. The molecule has 1 heterocycles. The van der Waals surface area contributed by atoms with E-state index in [0.29, 0.717) is 31.0 Å². The number of anilines is 1. The van der Waals surface area contributed by atoms with Crippen molar-refractivity contribution in [3.05, 3.63) is 65.2 Å². The third-order valence-corrected chi connectivity index (χ3v) is 4.47. The van der Waals surface area contributed by atoms with E-state index < -0.39 is 5.92 Å². The number of halogens is 1. The first kappa shape index (κ1) is 16.5. The second-order valence-electron chi connectivity index (χ2n) is 5.83. The molecule has 1 fully saturated rings. The highest BCUT2D eigenvalue weighted by Gasteiger charge is 2.37. The average molecular weight is 343 g/mol. The predicted molar refractivity (Wildman–Crippen MR) is 95.1 cm³/mol. The van der Waals surface area contributed by atoms with Gasteiger partial charge in [-0.25, -0.2) is 0 Å². The van der Waals surface area contributed by atoms with E-state index in [1.807, 2.05) is 54.6 Å². The zero-order chi connectivity index (χ0) is 16.9. The summed E-state index contributed by atoms with van der Waals surface area (Å²) in [6, 6.07) is 17.0. The summed E-state index contributed by atoms with van der Waals surface area (Å²) in [6.07, 6.45) is 1.27. The molecule has 4 nitrogen and oxygen atoms in total. The van der Waals surface area contributed by atoms with E-state index in [2.05, 4.69) is 5.32 Å². The summed E-state index contributed by atoms with van der Waals surface area (Å²) < 4.78 is 0. The molecule has 2 aromatic rings. The van der Waals surface area contributed by atoms with Crippen molar-refractivity contribution in [1.82, 2.24) is 5.32 Å². The minimum Gasteiger partial charge on any atom is -0.355 e. The molecule has 5 heteroatoms. The maximum Gasteiger partial charge on any atom is 0.239 e. The van der Waals surface area contributed by atoms with Gasteiger partial charge in [0.25, 0.3) is 0 Å². The van der Waals surface area contributed by atoms with Crippen molar-refractivity contribution in [2.75, 3.05) is 18.0 Å². The number of amides is 2. The van der Waals surface area contributed by atoms with Gasteiger partial charge in [0.2, 0.25) is 11.8 Å². The van der Waals surface area contributed by atoms with E-state index >= 15 is 0 Å². The standard InChI is InChI=1S/C19H19ClN2O2/c20-15-8-6-14(7-9-15)10-12-21-18(23)17-11-13-22(19(17)24)16-4-2-1-3-5-16/h1-9,17H,10-13H2,(H,21,23)/t17-/m0/s1. The van der Waals surface area contributed by atoms with Gasteiger partial charge >= 0.3 is 0 Å². The van der Waals surface area contributed by atoms with E-state index in [9.17, 15) is 9.59 Å². The Hall–Kier alpha value is -2.33. The number of rotatable bonds is 5. The quantitative estimate of drug-likeness (QED) is 0.849. The van der Waals surface area contributed by atoms with Crippen molar-refractivity contribution < 1.29 is 9.59 Å². The minimum atomic E-state index is -0.588. The Kier molecular flexibility index (Phi) is 5.16. The summed E-state index contributed by atoms with van der Waals surface area (Å²) in [6.45, 7) is 1.09. The molecule has 0 unspecified atom stereocenters. The van der Waals surface area contributed by atoms with Gasteiger partial charge in [-0.2, -0.15) is 0 Å². The summed E-state index contributed by atoms with van der Waals surface area (Å²) in [5, 5.41) is 3.57. The predicted octanol–water partition coefficient (Wildman–Crippen LogP) is 3.05. The number of hydrogen-bond acceptors (Lipinski definition) is 2. The van der Waals surface area contributed by atoms with Gasteiger partial charge in [0.1, 0.15) is 5.92 Å². The molecule has 0 saturated carbocycles. The van der Waals surface area contributed by atoms with Crippen LogP contribution in [0.4, 0.5) is 5.69 Å². The highest BCUT2D eigenvalue weighted by atomic mass is 35.5. The van der Waals surface area contributed by atoms with Crippen LogP contribution in [0.15, 0.2) is 54.6 Å². The second-order valence-corrected chi connectivity index (χ2v) is 6.27. The second kappa shape index (κ2) is 7.49. The molecular formula is C19H19ClN2O2. The summed E-state index contributed by atoms with van der Waals surface area (Å²) in [4.78, 5) is 26.4. The molecule has 1 aliphatic rings. The molecule has 0 aromatic heterocycles. The van der Waals surface area contributed by atoms with Gasteiger partial charge < -0.3 is 10.2 Å². The lowest BCUT2D eigenvalue weighted by Crippen LogP contribution is -2.37. The van der Waals surface area contributed by atoms with Crippen LogP contribution in [0.5, 0.6) is 0 Å². The molecule has 1 saturated heterocycles. The van der Waals surface area contributed by atoms with Crippen LogP contribution in [0.1, 0.15) is 12.0 Å². The molecule has 2 amide bonds. The first-order valence-corrected chi connectivity index (χ1v) is 8.41. The average Bonchev–Trinajstić information content (AvgIpc) is 2.99. The van der Waals surface area contributed by atoms with Crippen LogP contribution in [-0.4, -0.2) is 24.9 Å². The Bertz CT molecular complexity index is 716. The van der Waals surface area contributed by atoms with Crippen LogP contribution < -0.4 is 10.2 Å². The maximum atomic E-state index is 12.5. The molecule has 1 N–H and O–H groups in total. The fourth-order valence-electron chi connectivity index (χ4n) is 2.89. The van der Waals surface area contributed by atoms with Gasteiger partial charge in [-0.15, -0.1) is 0 Å². The molecular weight excluding hydrogens is 324 g/mol. The van der Waals surface area contributed by atoms with Crippen LogP contribution in [0.3, 0.4) is 0 Å². The molecule has 0 aliphatic carbocycles. The normalized spacial score (nSPS) is 17.1. The maximum absolute atomic E-state index is 12.5. The van der Waals surface area contributed by atoms with Crippen LogP contribution in [0.25, 0.3) is 0 Å². The van der Waals surface area contributed by atoms with Crippen LogP contribution >= 0.6 is 11.6 Å². The largest absolute Gasteiger partial charge is 0.355 e. The molecule has 1 aliphatic heterocycles. The number of para-hydroxylation sites is 1. The summed E-state index contributed by atoms with van der Waals surface area (Å²) in [5.74, 6) is -0.895. The van der Waals surface area contributed by atoms with Crippen molar-refractivity contribution >= 4 is 29.1 Å². The number of nitrogens with one attached hydrogen (secondary N) is 1. The molecule has 1 atom stereocenters. The molecule has 2 aromatic carbocycles. The number of hydrogen-bond donors (Lipinski definition) is 1. The Morgan fingerprint density at radius 3 is 2.54 bits per heavy atom. The highest BCUT2D eigenvalue weighted by molar-refractivity contribution is 6.30. The van der Waals surface area contributed by atoms with E-state index in [0.717, 1.165) is 11.3 Å². The summed E-state index contributed by atoms with van der Waals surface area (Å²) in [5.41, 5.74) is 1.95. The lowest BCUT2D eigenvalue weighted by Gasteiger charge is -2.16. The molecule has 0 bridgehead atoms. The number of benzene rings is 2. The van der Waals surface area contributed by atoms with E-state index in [1.165, 1.54) is 0 Å². The Labute approximate surface area is 146 Å². The van der Waals surface area contributed by atoms with Gasteiger partial charge in [0.05, 0.1) is 0 Å². The topological polar surface area (TPSA) is 49.4 Å². The summed E-state index contributed by atoms with van der Waals surface area (Å²) in [7, 11) is 0. The first-order valence-electron chi connectivity index (χ1n) is 8.04. The van der Waals surface area contributed by atoms with Gasteiger partial charge in [-0.05, 0) is 42.7 Å². The van der Waals surface area contributed by atoms with E-state index in [4.69, 9.17) is 11.6 Å². The third kappa shape index (κ3) is 3.77. The van der Waals surface area contributed by atoms with Crippen LogP contribution in [-0.2, 0) is 16.0 Å². The SMILES string of the molecule is O=C(NCCc1ccc(Cl)cc1)[C@@H]1CCN(c2ccccc2)C1=O. The number of carbonyl (C=O) groups excluding carboxylic acids is 2. The smallest absolute Gasteiger partial charge is 0.239 e. The Morgan fingerprint density at radius 1 is 1.12 bits per heavy atom. The molecule has 3 rings (SSSR count). The molecule has 0 radical (unpaired) electrons. The van der Waals surface area contributed by atoms with Crippen LogP contribution in [0.2, 0.25) is 5.02 Å². The minimum absolute atomic E-state index is 0.120. The molecule has 124 valence electrons. The lowest BCUT2D eigenvalue weighted by atomic mass is 10.1. The van der Waals surface area contributed by atoms with Crippen molar-refractivity contribution in [3.63, 3.8) is 0 Å². The van der Waals surface area contributed by atoms with Crippen molar-refractivity contribution in [1.29, 1.82) is 0 Å². The van der Waals surface area contributed by atoms with Crippen LogP contribution in [0, 0.1) is 5.92 Å². The highest BCUT2D eigenvalue weighted by Crippen LogP contribution is 2.25. The van der Waals surface area contributed by atoms with Gasteiger partial charge in [-0.1, -0.05) is 41.9 Å². The Morgan fingerprint density at radius 2 is 1.83 bits per heavy atom.